The lowest BCUT2D eigenvalue weighted by Crippen LogP contribution is -2.20. The van der Waals surface area contributed by atoms with Crippen LogP contribution in [0.4, 0.5) is 5.69 Å². The van der Waals surface area contributed by atoms with Crippen LogP contribution in [-0.2, 0) is 4.79 Å². The highest BCUT2D eigenvalue weighted by atomic mass is 32.2. The summed E-state index contributed by atoms with van der Waals surface area (Å²) in [5, 5.41) is 4.35. The molecule has 2 aromatic carbocycles. The Morgan fingerprint density at radius 1 is 1.16 bits per heavy atom. The number of thioether (sulfide) groups is 1. The van der Waals surface area contributed by atoms with E-state index >= 15 is 0 Å². The Labute approximate surface area is 149 Å². The van der Waals surface area contributed by atoms with E-state index in [1.807, 2.05) is 18.2 Å². The van der Waals surface area contributed by atoms with Crippen molar-refractivity contribution in [1.82, 2.24) is 0 Å². The smallest absolute Gasteiger partial charge is 0.234 e. The summed E-state index contributed by atoms with van der Waals surface area (Å²) in [7, 11) is 1.60. The molecule has 0 aliphatic carbocycles. The number of nitrogens with zero attached hydrogens (tertiary/aromatic N) is 2. The summed E-state index contributed by atoms with van der Waals surface area (Å²) in [4.78, 5) is 32.4. The number of benzene rings is 2. The monoisotopic (exact) mass is 355 g/mol. The first kappa shape index (κ1) is 17.2. The molecule has 1 atom stereocenters. The summed E-state index contributed by atoms with van der Waals surface area (Å²) in [6.45, 7) is 1.49. The molecule has 0 radical (unpaired) electrons. The first-order valence-corrected chi connectivity index (χ1v) is 8.72. The fourth-order valence-corrected chi connectivity index (χ4v) is 3.10. The number of anilines is 1. The highest BCUT2D eigenvalue weighted by molar-refractivity contribution is 8.00. The molecule has 25 heavy (non-hydrogen) atoms. The SMILES string of the molecule is COc1ccc2c(c1)=N[C@@H](SCC(=O)Nc1cccc(C(C)=O)c1)N=2. The molecular weight excluding hydrogens is 338 g/mol. The third kappa shape index (κ3) is 4.24. The van der Waals surface area contributed by atoms with Gasteiger partial charge in [-0.1, -0.05) is 12.1 Å². The zero-order valence-corrected chi connectivity index (χ0v) is 14.7. The van der Waals surface area contributed by atoms with Crippen molar-refractivity contribution in [3.8, 4) is 5.75 Å². The minimum Gasteiger partial charge on any atom is -0.497 e. The predicted molar refractivity (Wildman–Crippen MR) is 96.6 cm³/mol. The van der Waals surface area contributed by atoms with Crippen molar-refractivity contribution in [2.24, 2.45) is 9.98 Å². The number of amides is 1. The number of fused-ring (bicyclic) bond motifs is 1. The third-order valence-corrected chi connectivity index (χ3v) is 4.54. The molecule has 1 amide bonds. The summed E-state index contributed by atoms with van der Waals surface area (Å²) in [6, 6.07) is 12.4. The Morgan fingerprint density at radius 3 is 2.72 bits per heavy atom. The molecule has 1 heterocycles. The molecule has 1 aliphatic rings. The number of carbonyl (C=O) groups excluding carboxylic acids is 2. The molecule has 0 unspecified atom stereocenters. The van der Waals surface area contributed by atoms with Gasteiger partial charge in [-0.15, -0.1) is 11.8 Å². The number of ketones is 1. The first-order chi connectivity index (χ1) is 12.0. The Bertz CT molecular complexity index is 943. The van der Waals surface area contributed by atoms with Crippen molar-refractivity contribution in [1.29, 1.82) is 0 Å². The molecule has 0 bridgehead atoms. The average molecular weight is 355 g/mol. The van der Waals surface area contributed by atoms with Gasteiger partial charge in [-0.2, -0.15) is 0 Å². The van der Waals surface area contributed by atoms with Gasteiger partial charge in [0.2, 0.25) is 5.91 Å². The molecule has 3 rings (SSSR count). The number of nitrogens with one attached hydrogen (secondary N) is 1. The summed E-state index contributed by atoms with van der Waals surface area (Å²) in [6.07, 6.45) is 0. The predicted octanol–water partition coefficient (Wildman–Crippen LogP) is 1.81. The van der Waals surface area contributed by atoms with Gasteiger partial charge in [0, 0.05) is 17.3 Å². The van der Waals surface area contributed by atoms with Gasteiger partial charge in [-0.3, -0.25) is 9.59 Å². The number of ether oxygens (including phenoxy) is 1. The maximum atomic E-state index is 12.1. The van der Waals surface area contributed by atoms with Crippen LogP contribution in [0.15, 0.2) is 52.4 Å². The molecule has 2 aromatic rings. The Balaban J connectivity index is 1.59. The van der Waals surface area contributed by atoms with Crippen LogP contribution >= 0.6 is 11.8 Å². The molecule has 0 fully saturated rings. The zero-order valence-electron chi connectivity index (χ0n) is 13.9. The van der Waals surface area contributed by atoms with E-state index in [-0.39, 0.29) is 22.9 Å². The lowest BCUT2D eigenvalue weighted by Gasteiger charge is -2.07. The van der Waals surface area contributed by atoms with Gasteiger partial charge in [0.25, 0.3) is 0 Å². The van der Waals surface area contributed by atoms with Crippen LogP contribution in [0.3, 0.4) is 0 Å². The second-order valence-electron chi connectivity index (χ2n) is 5.44. The molecule has 1 aliphatic heterocycles. The Morgan fingerprint density at radius 2 is 1.96 bits per heavy atom. The number of Topliss-reactive ketones (excluding diaryl/α,β-unsaturated/α-hetero) is 1. The average Bonchev–Trinajstić information content (AvgIpc) is 3.02. The van der Waals surface area contributed by atoms with Crippen molar-refractivity contribution in [2.45, 2.75) is 12.4 Å². The van der Waals surface area contributed by atoms with Crippen LogP contribution in [0.2, 0.25) is 0 Å². The second-order valence-corrected chi connectivity index (χ2v) is 6.48. The minimum atomic E-state index is -0.337. The number of carbonyl (C=O) groups is 2. The fraction of sp³-hybridized carbons (Fsp3) is 0.222. The van der Waals surface area contributed by atoms with E-state index in [1.54, 1.807) is 31.4 Å². The summed E-state index contributed by atoms with van der Waals surface area (Å²) in [5.41, 5.74) is 0.832. The molecule has 0 aromatic heterocycles. The Hall–Kier alpha value is -2.67. The van der Waals surface area contributed by atoms with E-state index in [0.717, 1.165) is 16.5 Å². The normalized spacial score (nSPS) is 14.9. The second kappa shape index (κ2) is 7.48. The number of methoxy groups -OCH3 is 1. The van der Waals surface area contributed by atoms with Gasteiger partial charge in [-0.05, 0) is 31.2 Å². The summed E-state index contributed by atoms with van der Waals surface area (Å²) in [5.74, 6) is 0.742. The van der Waals surface area contributed by atoms with Crippen LogP contribution in [0.5, 0.6) is 5.75 Å². The van der Waals surface area contributed by atoms with Crippen LogP contribution in [-0.4, -0.2) is 30.1 Å². The summed E-state index contributed by atoms with van der Waals surface area (Å²) >= 11 is 1.34. The van der Waals surface area contributed by atoms with Crippen molar-refractivity contribution >= 4 is 29.1 Å². The van der Waals surface area contributed by atoms with Gasteiger partial charge in [0.05, 0.1) is 23.6 Å². The van der Waals surface area contributed by atoms with Gasteiger partial charge in [0.1, 0.15) is 5.75 Å². The largest absolute Gasteiger partial charge is 0.497 e. The van der Waals surface area contributed by atoms with Crippen molar-refractivity contribution < 1.29 is 14.3 Å². The molecule has 0 saturated heterocycles. The van der Waals surface area contributed by atoms with Gasteiger partial charge in [0.15, 0.2) is 11.3 Å². The van der Waals surface area contributed by atoms with Crippen molar-refractivity contribution in [3.05, 3.63) is 58.7 Å². The van der Waals surface area contributed by atoms with Gasteiger partial charge in [-0.25, -0.2) is 9.98 Å². The minimum absolute atomic E-state index is 0.0396. The van der Waals surface area contributed by atoms with E-state index in [1.165, 1.54) is 18.7 Å². The summed E-state index contributed by atoms with van der Waals surface area (Å²) < 4.78 is 5.17. The maximum Gasteiger partial charge on any atom is 0.234 e. The number of hydrogen-bond donors (Lipinski definition) is 1. The van der Waals surface area contributed by atoms with Crippen LogP contribution in [0.25, 0.3) is 0 Å². The van der Waals surface area contributed by atoms with Gasteiger partial charge < -0.3 is 10.1 Å². The van der Waals surface area contributed by atoms with Crippen molar-refractivity contribution in [2.75, 3.05) is 18.2 Å². The quantitative estimate of drug-likeness (QED) is 0.802. The van der Waals surface area contributed by atoms with E-state index in [2.05, 4.69) is 15.3 Å². The third-order valence-electron chi connectivity index (χ3n) is 3.60. The molecule has 0 spiro atoms. The van der Waals surface area contributed by atoms with Crippen LogP contribution in [0.1, 0.15) is 17.3 Å². The Kier molecular flexibility index (Phi) is 5.14. The highest BCUT2D eigenvalue weighted by Crippen LogP contribution is 2.17. The van der Waals surface area contributed by atoms with Crippen LogP contribution < -0.4 is 20.8 Å². The number of rotatable bonds is 6. The topological polar surface area (TPSA) is 80.1 Å². The van der Waals surface area contributed by atoms with E-state index in [4.69, 9.17) is 4.74 Å². The molecule has 128 valence electrons. The van der Waals surface area contributed by atoms with E-state index in [0.29, 0.717) is 11.3 Å². The molecule has 1 N–H and O–H groups in total. The van der Waals surface area contributed by atoms with Crippen LogP contribution in [0, 0.1) is 0 Å². The number of hydrogen-bond acceptors (Lipinski definition) is 6. The van der Waals surface area contributed by atoms with E-state index in [9.17, 15) is 9.59 Å². The molecular formula is C18H17N3O3S. The standard InChI is InChI=1S/C18H17N3O3S/c1-11(22)12-4-3-5-13(8-12)19-17(23)10-25-18-20-15-7-6-14(24-2)9-16(15)21-18/h3-9,18H,10H2,1-2H3,(H,19,23)/t18-/m0/s1. The molecule has 6 nitrogen and oxygen atoms in total. The molecule has 7 heteroatoms. The lowest BCUT2D eigenvalue weighted by atomic mass is 10.1. The first-order valence-electron chi connectivity index (χ1n) is 7.67. The lowest BCUT2D eigenvalue weighted by molar-refractivity contribution is -0.113. The maximum absolute atomic E-state index is 12.1. The molecule has 0 saturated carbocycles. The highest BCUT2D eigenvalue weighted by Gasteiger charge is 2.14. The van der Waals surface area contributed by atoms with E-state index < -0.39 is 0 Å². The van der Waals surface area contributed by atoms with Gasteiger partial charge >= 0.3 is 0 Å². The van der Waals surface area contributed by atoms with Crippen molar-refractivity contribution in [3.63, 3.8) is 0 Å². The fourth-order valence-electron chi connectivity index (χ4n) is 2.35. The zero-order chi connectivity index (χ0) is 17.8.